The molecule has 7 heteroatoms. The number of nitrogens with one attached hydrogen (secondary N) is 1. The summed E-state index contributed by atoms with van der Waals surface area (Å²) >= 11 is 0. The third-order valence-corrected chi connectivity index (χ3v) is 4.22. The van der Waals surface area contributed by atoms with Gasteiger partial charge in [-0.05, 0) is 36.6 Å². The Morgan fingerprint density at radius 1 is 1.11 bits per heavy atom. The van der Waals surface area contributed by atoms with Gasteiger partial charge < -0.3 is 5.32 Å². The van der Waals surface area contributed by atoms with E-state index in [4.69, 9.17) is 0 Å². The molecule has 1 heterocycles. The second-order valence-electron chi connectivity index (χ2n) is 6.96. The van der Waals surface area contributed by atoms with E-state index in [0.717, 1.165) is 12.1 Å². The quantitative estimate of drug-likeness (QED) is 0.730. The van der Waals surface area contributed by atoms with Crippen LogP contribution < -0.4 is 5.32 Å². The predicted octanol–water partition coefficient (Wildman–Crippen LogP) is 4.89. The molecule has 0 aliphatic rings. The van der Waals surface area contributed by atoms with Gasteiger partial charge in [-0.3, -0.25) is 9.59 Å². The van der Waals surface area contributed by atoms with Gasteiger partial charge in [0.2, 0.25) is 0 Å². The molecule has 0 bridgehead atoms. The monoisotopic (exact) mass is 392 g/mol. The number of nitrogens with zero attached hydrogens (tertiary/aromatic N) is 1. The molecule has 1 aromatic carbocycles. The SMILES string of the molecule is CCC(=O)[C@H](CC(C)C)NC(=O)c1cccc(-c2cccc(C(F)(F)F)c2)n1. The molecule has 0 spiro atoms. The molecule has 1 amide bonds. The van der Waals surface area contributed by atoms with Gasteiger partial charge in [0.15, 0.2) is 5.78 Å². The molecule has 1 aromatic heterocycles. The number of carbonyl (C=O) groups is 2. The first-order valence-electron chi connectivity index (χ1n) is 9.10. The minimum Gasteiger partial charge on any atom is -0.341 e. The van der Waals surface area contributed by atoms with Crippen molar-refractivity contribution in [2.75, 3.05) is 0 Å². The van der Waals surface area contributed by atoms with Crippen LogP contribution >= 0.6 is 0 Å². The Kier molecular flexibility index (Phi) is 6.94. The largest absolute Gasteiger partial charge is 0.416 e. The summed E-state index contributed by atoms with van der Waals surface area (Å²) in [5.74, 6) is -0.387. The number of benzene rings is 1. The number of amides is 1. The summed E-state index contributed by atoms with van der Waals surface area (Å²) in [5.41, 5.74) is -0.228. The summed E-state index contributed by atoms with van der Waals surface area (Å²) < 4.78 is 38.8. The average molecular weight is 392 g/mol. The Labute approximate surface area is 162 Å². The summed E-state index contributed by atoms with van der Waals surface area (Å²) in [4.78, 5) is 28.8. The average Bonchev–Trinajstić information content (AvgIpc) is 2.66. The second-order valence-corrected chi connectivity index (χ2v) is 6.96. The van der Waals surface area contributed by atoms with Crippen molar-refractivity contribution < 1.29 is 22.8 Å². The maximum Gasteiger partial charge on any atom is 0.416 e. The smallest absolute Gasteiger partial charge is 0.341 e. The van der Waals surface area contributed by atoms with Crippen LogP contribution in [-0.2, 0) is 11.0 Å². The normalized spacial score (nSPS) is 12.7. The van der Waals surface area contributed by atoms with Gasteiger partial charge >= 0.3 is 6.18 Å². The Morgan fingerprint density at radius 2 is 1.79 bits per heavy atom. The van der Waals surface area contributed by atoms with E-state index in [-0.39, 0.29) is 28.7 Å². The topological polar surface area (TPSA) is 59.1 Å². The molecular weight excluding hydrogens is 369 g/mol. The van der Waals surface area contributed by atoms with Gasteiger partial charge in [-0.1, -0.05) is 39.0 Å². The van der Waals surface area contributed by atoms with Crippen LogP contribution in [0.5, 0.6) is 0 Å². The van der Waals surface area contributed by atoms with Gasteiger partial charge in [-0.25, -0.2) is 4.98 Å². The second kappa shape index (κ2) is 8.99. The Morgan fingerprint density at radius 3 is 2.39 bits per heavy atom. The lowest BCUT2D eigenvalue weighted by molar-refractivity contribution is -0.137. The van der Waals surface area contributed by atoms with Gasteiger partial charge in [0.05, 0.1) is 17.3 Å². The highest BCUT2D eigenvalue weighted by molar-refractivity contribution is 5.96. The van der Waals surface area contributed by atoms with E-state index >= 15 is 0 Å². The zero-order chi connectivity index (χ0) is 20.9. The summed E-state index contributed by atoms with van der Waals surface area (Å²) in [6, 6.07) is 8.71. The summed E-state index contributed by atoms with van der Waals surface area (Å²) in [6.07, 6.45) is -3.66. The number of pyridine rings is 1. The molecule has 0 saturated carbocycles. The number of ketones is 1. The highest BCUT2D eigenvalue weighted by atomic mass is 19.4. The third-order valence-electron chi connectivity index (χ3n) is 4.22. The Balaban J connectivity index is 2.27. The summed E-state index contributed by atoms with van der Waals surface area (Å²) in [5, 5.41) is 2.70. The molecule has 150 valence electrons. The highest BCUT2D eigenvalue weighted by Crippen LogP contribution is 2.31. The number of carbonyl (C=O) groups excluding carboxylic acids is 2. The van der Waals surface area contributed by atoms with E-state index in [2.05, 4.69) is 10.3 Å². The maximum absolute atomic E-state index is 12.9. The van der Waals surface area contributed by atoms with Crippen molar-refractivity contribution in [3.05, 3.63) is 53.7 Å². The van der Waals surface area contributed by atoms with Crippen LogP contribution in [0, 0.1) is 5.92 Å². The van der Waals surface area contributed by atoms with Gasteiger partial charge in [-0.15, -0.1) is 0 Å². The number of alkyl halides is 3. The first kappa shape index (κ1) is 21.6. The van der Waals surface area contributed by atoms with Crippen LogP contribution in [0.4, 0.5) is 13.2 Å². The van der Waals surface area contributed by atoms with Gasteiger partial charge in [0.1, 0.15) is 5.69 Å². The highest BCUT2D eigenvalue weighted by Gasteiger charge is 2.30. The van der Waals surface area contributed by atoms with E-state index in [9.17, 15) is 22.8 Å². The third kappa shape index (κ3) is 5.65. The lowest BCUT2D eigenvalue weighted by atomic mass is 9.99. The van der Waals surface area contributed by atoms with Crippen LogP contribution in [-0.4, -0.2) is 22.7 Å². The van der Waals surface area contributed by atoms with Crippen molar-refractivity contribution >= 4 is 11.7 Å². The fraction of sp³-hybridized carbons (Fsp3) is 0.381. The number of hydrogen-bond donors (Lipinski definition) is 1. The molecule has 0 radical (unpaired) electrons. The molecule has 1 atom stereocenters. The van der Waals surface area contributed by atoms with E-state index in [1.807, 2.05) is 13.8 Å². The van der Waals surface area contributed by atoms with Crippen molar-refractivity contribution in [2.45, 2.75) is 45.8 Å². The number of aromatic nitrogens is 1. The molecule has 0 unspecified atom stereocenters. The Hall–Kier alpha value is -2.70. The minimum atomic E-state index is -4.46. The Bertz CT molecular complexity index is 848. The summed E-state index contributed by atoms with van der Waals surface area (Å²) in [6.45, 7) is 5.64. The predicted molar refractivity (Wildman–Crippen MR) is 101 cm³/mol. The molecule has 0 saturated heterocycles. The van der Waals surface area contributed by atoms with Crippen molar-refractivity contribution in [3.63, 3.8) is 0 Å². The zero-order valence-corrected chi connectivity index (χ0v) is 16.0. The van der Waals surface area contributed by atoms with E-state index < -0.39 is 23.7 Å². The van der Waals surface area contributed by atoms with E-state index in [1.165, 1.54) is 24.3 Å². The number of rotatable bonds is 7. The molecule has 4 nitrogen and oxygen atoms in total. The number of halogens is 3. The zero-order valence-electron chi connectivity index (χ0n) is 16.0. The van der Waals surface area contributed by atoms with Gasteiger partial charge in [-0.2, -0.15) is 13.2 Å². The van der Waals surface area contributed by atoms with Crippen LogP contribution in [0.1, 0.15) is 49.7 Å². The molecule has 0 aliphatic carbocycles. The molecule has 0 fully saturated rings. The fourth-order valence-corrected chi connectivity index (χ4v) is 2.80. The first-order valence-corrected chi connectivity index (χ1v) is 9.10. The van der Waals surface area contributed by atoms with E-state index in [1.54, 1.807) is 13.0 Å². The summed E-state index contributed by atoms with van der Waals surface area (Å²) in [7, 11) is 0. The maximum atomic E-state index is 12.9. The molecule has 28 heavy (non-hydrogen) atoms. The van der Waals surface area contributed by atoms with Crippen LogP contribution in [0.2, 0.25) is 0 Å². The van der Waals surface area contributed by atoms with Gasteiger partial charge in [0.25, 0.3) is 5.91 Å². The number of hydrogen-bond acceptors (Lipinski definition) is 3. The van der Waals surface area contributed by atoms with Crippen molar-refractivity contribution in [3.8, 4) is 11.3 Å². The van der Waals surface area contributed by atoms with Crippen molar-refractivity contribution in [2.24, 2.45) is 5.92 Å². The molecular formula is C21H23F3N2O2. The standard InChI is InChI=1S/C21H23F3N2O2/c1-4-19(27)18(11-13(2)3)26-20(28)17-10-6-9-16(25-17)14-7-5-8-15(12-14)21(22,23)24/h5-10,12-13,18H,4,11H2,1-3H3,(H,26,28)/t18-/m0/s1. The van der Waals surface area contributed by atoms with Crippen molar-refractivity contribution in [1.29, 1.82) is 0 Å². The van der Waals surface area contributed by atoms with E-state index in [0.29, 0.717) is 12.8 Å². The lowest BCUT2D eigenvalue weighted by Gasteiger charge is -2.19. The lowest BCUT2D eigenvalue weighted by Crippen LogP contribution is -2.41. The minimum absolute atomic E-state index is 0.0487. The molecule has 2 rings (SSSR count). The van der Waals surface area contributed by atoms with Crippen LogP contribution in [0.25, 0.3) is 11.3 Å². The molecule has 2 aromatic rings. The van der Waals surface area contributed by atoms with Gasteiger partial charge in [0, 0.05) is 12.0 Å². The van der Waals surface area contributed by atoms with Crippen LogP contribution in [0.15, 0.2) is 42.5 Å². The van der Waals surface area contributed by atoms with Crippen LogP contribution in [0.3, 0.4) is 0 Å². The molecule has 0 aliphatic heterocycles. The first-order chi connectivity index (χ1) is 13.1. The fourth-order valence-electron chi connectivity index (χ4n) is 2.80. The molecule has 1 N–H and O–H groups in total. The van der Waals surface area contributed by atoms with Crippen molar-refractivity contribution in [1.82, 2.24) is 10.3 Å². The number of Topliss-reactive ketones (excluding diaryl/α,β-unsaturated/α-hetero) is 1.